The van der Waals surface area contributed by atoms with Crippen molar-refractivity contribution in [2.75, 3.05) is 20.1 Å². The van der Waals surface area contributed by atoms with E-state index in [4.69, 9.17) is 0 Å². The Labute approximate surface area is 162 Å². The van der Waals surface area contributed by atoms with E-state index in [9.17, 15) is 13.2 Å². The Hall–Kier alpha value is -2.18. The number of likely N-dealkylation sites (N-methyl/N-ethyl adjacent to an activating group) is 1. The minimum absolute atomic E-state index is 0.0926. The van der Waals surface area contributed by atoms with Crippen LogP contribution in [0.3, 0.4) is 0 Å². The predicted octanol–water partition coefficient (Wildman–Crippen LogP) is 3.10. The number of nitrogens with one attached hydrogen (secondary N) is 1. The summed E-state index contributed by atoms with van der Waals surface area (Å²) in [7, 11) is -2.03. The first-order chi connectivity index (χ1) is 12.6. The number of sulfonamides is 1. The molecule has 0 saturated carbocycles. The van der Waals surface area contributed by atoms with Gasteiger partial charge in [-0.15, -0.1) is 0 Å². The fraction of sp³-hybridized carbons (Fsp3) is 0.381. The van der Waals surface area contributed by atoms with Crippen molar-refractivity contribution in [3.63, 3.8) is 0 Å². The van der Waals surface area contributed by atoms with Gasteiger partial charge < -0.3 is 5.32 Å². The zero-order chi connectivity index (χ0) is 20.1. The Morgan fingerprint density at radius 2 is 1.63 bits per heavy atom. The molecule has 0 aliphatic rings. The van der Waals surface area contributed by atoms with Crippen molar-refractivity contribution >= 4 is 15.9 Å². The molecule has 1 amide bonds. The van der Waals surface area contributed by atoms with Crippen LogP contribution < -0.4 is 5.32 Å². The molecule has 0 aliphatic carbocycles. The molecule has 0 radical (unpaired) electrons. The molecule has 27 heavy (non-hydrogen) atoms. The normalized spacial score (nSPS) is 12.2. The molecule has 5 nitrogen and oxygen atoms in total. The number of rotatable bonds is 8. The highest BCUT2D eigenvalue weighted by Crippen LogP contribution is 2.26. The summed E-state index contributed by atoms with van der Waals surface area (Å²) in [5.74, 6) is -0.0926. The fourth-order valence-corrected chi connectivity index (χ4v) is 3.99. The van der Waals surface area contributed by atoms with Gasteiger partial charge in [-0.3, -0.25) is 4.79 Å². The third-order valence-corrected chi connectivity index (χ3v) is 6.51. The Balaban J connectivity index is 1.88. The van der Waals surface area contributed by atoms with Gasteiger partial charge in [-0.2, -0.15) is 4.31 Å². The molecular weight excluding hydrogens is 360 g/mol. The van der Waals surface area contributed by atoms with Gasteiger partial charge in [-0.1, -0.05) is 61.9 Å². The van der Waals surface area contributed by atoms with E-state index < -0.39 is 10.0 Å². The molecule has 0 saturated heterocycles. The summed E-state index contributed by atoms with van der Waals surface area (Å²) in [6.07, 6.45) is 0.339. The second kappa shape index (κ2) is 8.67. The number of hydrogen-bond donors (Lipinski definition) is 1. The van der Waals surface area contributed by atoms with Crippen molar-refractivity contribution in [2.24, 2.45) is 0 Å². The van der Waals surface area contributed by atoms with E-state index in [0.717, 1.165) is 11.1 Å². The summed E-state index contributed by atoms with van der Waals surface area (Å²) in [6.45, 7) is 6.44. The first kappa shape index (κ1) is 21.1. The van der Waals surface area contributed by atoms with Gasteiger partial charge in [0.2, 0.25) is 15.9 Å². The van der Waals surface area contributed by atoms with Crippen molar-refractivity contribution in [1.82, 2.24) is 9.62 Å². The maximum atomic E-state index is 12.5. The van der Waals surface area contributed by atoms with Crippen molar-refractivity contribution in [2.45, 2.75) is 37.5 Å². The summed E-state index contributed by atoms with van der Waals surface area (Å²) in [6, 6.07) is 16.6. The van der Waals surface area contributed by atoms with Crippen molar-refractivity contribution in [3.05, 3.63) is 65.7 Å². The monoisotopic (exact) mass is 388 g/mol. The average molecular weight is 389 g/mol. The van der Waals surface area contributed by atoms with Crippen LogP contribution in [0.5, 0.6) is 0 Å². The van der Waals surface area contributed by atoms with Crippen LogP contribution in [-0.4, -0.2) is 38.8 Å². The Morgan fingerprint density at radius 3 is 2.22 bits per heavy atom. The van der Waals surface area contributed by atoms with Crippen LogP contribution in [-0.2, 0) is 20.2 Å². The molecule has 0 spiro atoms. The van der Waals surface area contributed by atoms with Gasteiger partial charge in [0.1, 0.15) is 0 Å². The zero-order valence-electron chi connectivity index (χ0n) is 16.4. The first-order valence-electron chi connectivity index (χ1n) is 8.98. The molecule has 0 unspecified atom stereocenters. The van der Waals surface area contributed by atoms with Crippen LogP contribution in [0.25, 0.3) is 0 Å². The maximum absolute atomic E-state index is 12.5. The van der Waals surface area contributed by atoms with Crippen LogP contribution in [0.4, 0.5) is 0 Å². The van der Waals surface area contributed by atoms with Gasteiger partial charge in [0, 0.05) is 26.6 Å². The van der Waals surface area contributed by atoms with Crippen LogP contribution in [0, 0.1) is 6.92 Å². The van der Waals surface area contributed by atoms with Crippen LogP contribution >= 0.6 is 0 Å². The molecule has 146 valence electrons. The summed E-state index contributed by atoms with van der Waals surface area (Å²) >= 11 is 0. The molecule has 2 aromatic rings. The Bertz CT molecular complexity index is 860. The van der Waals surface area contributed by atoms with E-state index in [1.165, 1.54) is 11.4 Å². The van der Waals surface area contributed by atoms with Crippen molar-refractivity contribution in [3.8, 4) is 0 Å². The number of amides is 1. The van der Waals surface area contributed by atoms with E-state index in [-0.39, 0.29) is 29.3 Å². The largest absolute Gasteiger partial charge is 0.355 e. The third kappa shape index (κ3) is 5.65. The van der Waals surface area contributed by atoms with Gasteiger partial charge in [-0.05, 0) is 30.0 Å². The molecule has 0 fully saturated rings. The minimum Gasteiger partial charge on any atom is -0.355 e. The molecule has 2 rings (SSSR count). The third-order valence-electron chi connectivity index (χ3n) is 4.64. The van der Waals surface area contributed by atoms with E-state index in [2.05, 4.69) is 5.32 Å². The zero-order valence-corrected chi connectivity index (χ0v) is 17.2. The van der Waals surface area contributed by atoms with Gasteiger partial charge >= 0.3 is 0 Å². The SMILES string of the molecule is Cc1ccc(S(=O)(=O)N(C)CCNC(=O)CC(C)(C)c2ccccc2)cc1. The molecule has 0 atom stereocenters. The van der Waals surface area contributed by atoms with Gasteiger partial charge in [0.25, 0.3) is 0 Å². The summed E-state index contributed by atoms with van der Waals surface area (Å²) in [4.78, 5) is 12.5. The lowest BCUT2D eigenvalue weighted by molar-refractivity contribution is -0.122. The lowest BCUT2D eigenvalue weighted by atomic mass is 9.81. The lowest BCUT2D eigenvalue weighted by Gasteiger charge is -2.25. The van der Waals surface area contributed by atoms with Gasteiger partial charge in [0.15, 0.2) is 0 Å². The first-order valence-corrected chi connectivity index (χ1v) is 10.4. The van der Waals surface area contributed by atoms with Gasteiger partial charge in [-0.25, -0.2) is 8.42 Å². The van der Waals surface area contributed by atoms with Crippen LogP contribution in [0.1, 0.15) is 31.4 Å². The molecule has 1 N–H and O–H groups in total. The number of benzene rings is 2. The molecular formula is C21H28N2O3S. The smallest absolute Gasteiger partial charge is 0.242 e. The number of carbonyl (C=O) groups is 1. The molecule has 0 bridgehead atoms. The van der Waals surface area contributed by atoms with E-state index >= 15 is 0 Å². The van der Waals surface area contributed by atoms with E-state index in [1.807, 2.05) is 51.1 Å². The molecule has 0 aromatic heterocycles. The number of carbonyl (C=O) groups excluding carboxylic acids is 1. The topological polar surface area (TPSA) is 66.5 Å². The lowest BCUT2D eigenvalue weighted by Crippen LogP contribution is -2.38. The van der Waals surface area contributed by atoms with Crippen LogP contribution in [0.2, 0.25) is 0 Å². The number of nitrogens with zero attached hydrogens (tertiary/aromatic N) is 1. The number of hydrogen-bond acceptors (Lipinski definition) is 3. The average Bonchev–Trinajstić information content (AvgIpc) is 2.62. The minimum atomic E-state index is -3.55. The fourth-order valence-electron chi connectivity index (χ4n) is 2.82. The predicted molar refractivity (Wildman–Crippen MR) is 108 cm³/mol. The van der Waals surface area contributed by atoms with Crippen molar-refractivity contribution in [1.29, 1.82) is 0 Å². The molecule has 6 heteroatoms. The van der Waals surface area contributed by atoms with E-state index in [1.54, 1.807) is 24.3 Å². The Morgan fingerprint density at radius 1 is 1.04 bits per heavy atom. The summed E-state index contributed by atoms with van der Waals surface area (Å²) in [5.41, 5.74) is 1.81. The highest BCUT2D eigenvalue weighted by molar-refractivity contribution is 7.89. The quantitative estimate of drug-likeness (QED) is 0.756. The molecule has 0 aliphatic heterocycles. The Kier molecular flexibility index (Phi) is 6.78. The standard InChI is InChI=1S/C21H28N2O3S/c1-17-10-12-19(13-11-17)27(25,26)23(4)15-14-22-20(24)16-21(2,3)18-8-6-5-7-9-18/h5-13H,14-16H2,1-4H3,(H,22,24). The molecule has 2 aromatic carbocycles. The summed E-state index contributed by atoms with van der Waals surface area (Å²) < 4.78 is 26.4. The highest BCUT2D eigenvalue weighted by atomic mass is 32.2. The second-order valence-electron chi connectivity index (χ2n) is 7.42. The van der Waals surface area contributed by atoms with Crippen molar-refractivity contribution < 1.29 is 13.2 Å². The number of aryl methyl sites for hydroxylation is 1. The summed E-state index contributed by atoms with van der Waals surface area (Å²) in [5, 5.41) is 2.83. The van der Waals surface area contributed by atoms with Gasteiger partial charge in [0.05, 0.1) is 4.90 Å². The van der Waals surface area contributed by atoms with E-state index in [0.29, 0.717) is 6.42 Å². The van der Waals surface area contributed by atoms with Crippen LogP contribution in [0.15, 0.2) is 59.5 Å². The highest BCUT2D eigenvalue weighted by Gasteiger charge is 2.24. The second-order valence-corrected chi connectivity index (χ2v) is 9.46. The molecule has 0 heterocycles. The maximum Gasteiger partial charge on any atom is 0.242 e.